The lowest BCUT2D eigenvalue weighted by atomic mass is 10.2. The summed E-state index contributed by atoms with van der Waals surface area (Å²) in [5, 5.41) is 0. The van der Waals surface area contributed by atoms with Crippen molar-refractivity contribution in [2.24, 2.45) is 0 Å². The van der Waals surface area contributed by atoms with E-state index in [2.05, 4.69) is 13.5 Å². The van der Waals surface area contributed by atoms with Crippen molar-refractivity contribution in [3.63, 3.8) is 0 Å². The molecule has 0 heterocycles. The summed E-state index contributed by atoms with van der Waals surface area (Å²) in [6.45, 7) is 5.82. The Hall–Kier alpha value is -0.163. The van der Waals surface area contributed by atoms with Crippen molar-refractivity contribution in [3.05, 3.63) is 12.3 Å². The largest absolute Gasteiger partial charge is 0.371 e. The van der Waals surface area contributed by atoms with E-state index in [0.29, 0.717) is 0 Å². The van der Waals surface area contributed by atoms with Gasteiger partial charge >= 0.3 is 0 Å². The third kappa shape index (κ3) is 4.90. The van der Waals surface area contributed by atoms with Crippen molar-refractivity contribution >= 4 is 9.76 Å². The molecule has 3 nitrogen and oxygen atoms in total. The number of ether oxygens (including phenoxy) is 2. The van der Waals surface area contributed by atoms with Crippen molar-refractivity contribution in [2.45, 2.75) is 38.6 Å². The number of hydrogen-bond donors (Lipinski definition) is 0. The molecular formula is C10H22O3Si. The molecule has 14 heavy (non-hydrogen) atoms. The quantitative estimate of drug-likeness (QED) is 0.335. The zero-order chi connectivity index (χ0) is 10.9. The molecule has 0 spiro atoms. The van der Waals surface area contributed by atoms with Gasteiger partial charge in [0.1, 0.15) is 0 Å². The highest BCUT2D eigenvalue weighted by atomic mass is 28.2. The van der Waals surface area contributed by atoms with Crippen molar-refractivity contribution in [1.82, 2.24) is 0 Å². The molecule has 0 fully saturated rings. The maximum absolute atomic E-state index is 5.60. The second-order valence-electron chi connectivity index (χ2n) is 3.15. The van der Waals surface area contributed by atoms with E-state index in [9.17, 15) is 0 Å². The molecule has 0 bridgehead atoms. The summed E-state index contributed by atoms with van der Waals surface area (Å²) in [7, 11) is 2.51. The van der Waals surface area contributed by atoms with Gasteiger partial charge in [-0.25, -0.2) is 0 Å². The Labute approximate surface area is 89.4 Å². The molecule has 0 saturated carbocycles. The van der Waals surface area contributed by atoms with E-state index in [1.807, 2.05) is 5.70 Å². The minimum atomic E-state index is -0.824. The molecule has 0 unspecified atom stereocenters. The Morgan fingerprint density at radius 1 is 1.29 bits per heavy atom. The smallest absolute Gasteiger partial charge is 0.272 e. The average Bonchev–Trinajstić information content (AvgIpc) is 2.24. The third-order valence-electron chi connectivity index (χ3n) is 2.13. The van der Waals surface area contributed by atoms with Crippen molar-refractivity contribution in [3.8, 4) is 0 Å². The first-order chi connectivity index (χ1) is 6.74. The number of hydrogen-bond acceptors (Lipinski definition) is 3. The summed E-state index contributed by atoms with van der Waals surface area (Å²) in [5.74, 6) is -0.824. The molecule has 84 valence electrons. The molecule has 0 atom stereocenters. The molecule has 0 aliphatic rings. The lowest BCUT2D eigenvalue weighted by Crippen LogP contribution is -2.38. The summed E-state index contributed by atoms with van der Waals surface area (Å²) >= 11 is 0. The van der Waals surface area contributed by atoms with Crippen LogP contribution in [0.25, 0.3) is 0 Å². The summed E-state index contributed by atoms with van der Waals surface area (Å²) in [6, 6.07) is 0. The normalized spacial score (nSPS) is 12.5. The van der Waals surface area contributed by atoms with Gasteiger partial charge in [0.05, 0.1) is 0 Å². The molecule has 0 aliphatic carbocycles. The maximum Gasteiger partial charge on any atom is 0.272 e. The van der Waals surface area contributed by atoms with Crippen LogP contribution in [0.4, 0.5) is 0 Å². The van der Waals surface area contributed by atoms with E-state index in [1.165, 1.54) is 12.8 Å². The molecular weight excluding hydrogens is 196 g/mol. The molecule has 0 radical (unpaired) electrons. The second-order valence-corrected chi connectivity index (χ2v) is 4.35. The molecule has 4 heteroatoms. The first-order valence-corrected chi connectivity index (χ1v) is 6.49. The molecule has 0 rings (SSSR count). The van der Waals surface area contributed by atoms with Gasteiger partial charge in [-0.15, -0.1) is 6.58 Å². The van der Waals surface area contributed by atoms with Gasteiger partial charge in [-0.1, -0.05) is 25.5 Å². The van der Waals surface area contributed by atoms with Gasteiger partial charge < -0.3 is 13.9 Å². The zero-order valence-corrected chi connectivity index (χ0v) is 11.0. The van der Waals surface area contributed by atoms with Gasteiger partial charge in [-0.2, -0.15) is 0 Å². The van der Waals surface area contributed by atoms with E-state index < -0.39 is 15.7 Å². The van der Waals surface area contributed by atoms with Crippen LogP contribution in [0.3, 0.4) is 0 Å². The summed E-state index contributed by atoms with van der Waals surface area (Å²) in [6.07, 6.45) is 4.20. The molecule has 0 amide bonds. The Morgan fingerprint density at radius 2 is 1.93 bits per heavy atom. The predicted octanol–water partition coefficient (Wildman–Crippen LogP) is 1.76. The van der Waals surface area contributed by atoms with Crippen LogP contribution in [-0.2, 0) is 13.9 Å². The molecule has 0 aromatic carbocycles. The summed E-state index contributed by atoms with van der Waals surface area (Å²) < 4.78 is 16.2. The van der Waals surface area contributed by atoms with E-state index in [0.717, 1.165) is 12.8 Å². The fraction of sp³-hybridized carbons (Fsp3) is 0.800. The van der Waals surface area contributed by atoms with Crippen LogP contribution in [0, 0.1) is 0 Å². The fourth-order valence-electron chi connectivity index (χ4n) is 1.25. The van der Waals surface area contributed by atoms with Crippen LogP contribution in [0.2, 0.25) is 0 Å². The van der Waals surface area contributed by atoms with Crippen LogP contribution in [-0.4, -0.2) is 30.0 Å². The highest BCUT2D eigenvalue weighted by Crippen LogP contribution is 2.21. The van der Waals surface area contributed by atoms with Gasteiger partial charge in [-0.3, -0.25) is 0 Å². The second kappa shape index (κ2) is 8.17. The topological polar surface area (TPSA) is 27.7 Å². The molecule has 0 aromatic rings. The van der Waals surface area contributed by atoms with Crippen LogP contribution >= 0.6 is 0 Å². The van der Waals surface area contributed by atoms with Gasteiger partial charge in [0.2, 0.25) is 0 Å². The average molecular weight is 218 g/mol. The highest BCUT2D eigenvalue weighted by Gasteiger charge is 2.29. The van der Waals surface area contributed by atoms with E-state index in [1.54, 1.807) is 14.2 Å². The van der Waals surface area contributed by atoms with Gasteiger partial charge in [0, 0.05) is 20.6 Å². The van der Waals surface area contributed by atoms with Crippen molar-refractivity contribution < 1.29 is 13.9 Å². The molecule has 0 N–H and O–H groups in total. The third-order valence-corrected chi connectivity index (χ3v) is 2.97. The lowest BCUT2D eigenvalue weighted by Gasteiger charge is -2.30. The minimum absolute atomic E-state index is 0.725. The number of rotatable bonds is 9. The highest BCUT2D eigenvalue weighted by molar-refractivity contribution is 6.34. The zero-order valence-electron chi connectivity index (χ0n) is 9.54. The number of methoxy groups -OCH3 is 2. The van der Waals surface area contributed by atoms with E-state index >= 15 is 0 Å². The van der Waals surface area contributed by atoms with Crippen LogP contribution < -0.4 is 0 Å². The Balaban J connectivity index is 3.99. The van der Waals surface area contributed by atoms with Crippen molar-refractivity contribution in [2.75, 3.05) is 14.2 Å². The van der Waals surface area contributed by atoms with Crippen LogP contribution in [0.1, 0.15) is 32.6 Å². The molecule has 0 aliphatic heterocycles. The number of unbranched alkanes of at least 4 members (excludes halogenated alkanes) is 2. The molecule has 0 aromatic heterocycles. The minimum Gasteiger partial charge on any atom is -0.371 e. The van der Waals surface area contributed by atoms with E-state index in [-0.39, 0.29) is 0 Å². The SMILES string of the molecule is C=C[SiH2]OC(CCCCC)(OC)OC. The van der Waals surface area contributed by atoms with E-state index in [4.69, 9.17) is 13.9 Å². The van der Waals surface area contributed by atoms with Gasteiger partial charge in [-0.05, 0) is 6.42 Å². The molecule has 0 saturated heterocycles. The van der Waals surface area contributed by atoms with Crippen molar-refractivity contribution in [1.29, 1.82) is 0 Å². The monoisotopic (exact) mass is 218 g/mol. The maximum atomic E-state index is 5.60. The fourth-order valence-corrected chi connectivity index (χ4v) is 2.01. The van der Waals surface area contributed by atoms with Crippen LogP contribution in [0.15, 0.2) is 12.3 Å². The Morgan fingerprint density at radius 3 is 2.36 bits per heavy atom. The first kappa shape index (κ1) is 13.8. The predicted molar refractivity (Wildman–Crippen MR) is 60.7 cm³/mol. The first-order valence-electron chi connectivity index (χ1n) is 5.09. The Bertz CT molecular complexity index is 146. The summed E-state index contributed by atoms with van der Waals surface area (Å²) in [5.41, 5.74) is 1.83. The van der Waals surface area contributed by atoms with Gasteiger partial charge in [0.15, 0.2) is 9.76 Å². The standard InChI is InChI=1S/C10H22O3Si/c1-5-7-8-9-10(11-3,12-4)13-14-6-2/h6H,2,5,7-9,14H2,1,3-4H3. The summed E-state index contributed by atoms with van der Waals surface area (Å²) in [4.78, 5) is 0. The van der Waals surface area contributed by atoms with Gasteiger partial charge in [0.25, 0.3) is 5.97 Å². The lowest BCUT2D eigenvalue weighted by molar-refractivity contribution is -0.326. The Kier molecular flexibility index (Phi) is 8.08. The van der Waals surface area contributed by atoms with Crippen LogP contribution in [0.5, 0.6) is 0 Å².